The van der Waals surface area contributed by atoms with Gasteiger partial charge in [-0.15, -0.1) is 0 Å². The maximum Gasteiger partial charge on any atom is 0.265 e. The summed E-state index contributed by atoms with van der Waals surface area (Å²) in [6.45, 7) is 0.394. The van der Waals surface area contributed by atoms with Crippen molar-refractivity contribution in [3.63, 3.8) is 0 Å². The fourth-order valence-corrected chi connectivity index (χ4v) is 3.65. The summed E-state index contributed by atoms with van der Waals surface area (Å²) in [6, 6.07) is 12.9. The highest BCUT2D eigenvalue weighted by molar-refractivity contribution is 8.26. The molecule has 0 saturated carbocycles. The predicted octanol–water partition coefficient (Wildman–Crippen LogP) is 5.40. The van der Waals surface area contributed by atoms with Gasteiger partial charge < -0.3 is 4.74 Å². The van der Waals surface area contributed by atoms with Crippen molar-refractivity contribution < 1.29 is 9.53 Å². The van der Waals surface area contributed by atoms with Gasteiger partial charge in [0.25, 0.3) is 5.91 Å². The Balaban J connectivity index is 1.65. The zero-order chi connectivity index (χ0) is 18.0. The number of likely N-dealkylation sites (N-methyl/N-ethyl adjacent to an activating group) is 1. The Morgan fingerprint density at radius 2 is 1.88 bits per heavy atom. The summed E-state index contributed by atoms with van der Waals surface area (Å²) in [7, 11) is 1.68. The van der Waals surface area contributed by atoms with Crippen molar-refractivity contribution in [3.8, 4) is 5.75 Å². The molecule has 1 fully saturated rings. The number of carbonyl (C=O) groups excluding carboxylic acids is 1. The first-order valence-corrected chi connectivity index (χ1v) is 9.30. The lowest BCUT2D eigenvalue weighted by molar-refractivity contribution is -0.121. The minimum Gasteiger partial charge on any atom is -0.489 e. The van der Waals surface area contributed by atoms with Gasteiger partial charge in [-0.05, 0) is 41.5 Å². The molecule has 1 heterocycles. The third-order valence-corrected chi connectivity index (χ3v) is 5.78. The van der Waals surface area contributed by atoms with Gasteiger partial charge in [0, 0.05) is 7.05 Å². The molecule has 2 aromatic rings. The van der Waals surface area contributed by atoms with Crippen LogP contribution in [0.4, 0.5) is 0 Å². The smallest absolute Gasteiger partial charge is 0.265 e. The quantitative estimate of drug-likeness (QED) is 0.499. The molecule has 1 saturated heterocycles. The fraction of sp³-hybridized carbons (Fsp3) is 0.111. The second-order valence-electron chi connectivity index (χ2n) is 5.35. The Bertz CT molecular complexity index is 866. The van der Waals surface area contributed by atoms with Gasteiger partial charge in [0.15, 0.2) is 0 Å². The topological polar surface area (TPSA) is 29.5 Å². The lowest BCUT2D eigenvalue weighted by Crippen LogP contribution is -2.22. The number of nitrogens with zero attached hydrogens (tertiary/aromatic N) is 1. The molecule has 3 nitrogen and oxygen atoms in total. The summed E-state index contributed by atoms with van der Waals surface area (Å²) in [6.07, 6.45) is 1.82. The molecule has 1 aliphatic heterocycles. The van der Waals surface area contributed by atoms with Gasteiger partial charge in [0.2, 0.25) is 0 Å². The number of carbonyl (C=O) groups is 1. The van der Waals surface area contributed by atoms with Crippen molar-refractivity contribution in [3.05, 3.63) is 68.5 Å². The molecule has 0 radical (unpaired) electrons. The normalized spacial score (nSPS) is 16.0. The lowest BCUT2D eigenvalue weighted by Gasteiger charge is -2.07. The van der Waals surface area contributed by atoms with Crippen molar-refractivity contribution in [2.45, 2.75) is 6.61 Å². The minimum atomic E-state index is -0.0741. The lowest BCUT2D eigenvalue weighted by atomic mass is 10.2. The number of thioether (sulfide) groups is 1. The van der Waals surface area contributed by atoms with Crippen molar-refractivity contribution in [2.24, 2.45) is 0 Å². The highest BCUT2D eigenvalue weighted by Crippen LogP contribution is 2.31. The van der Waals surface area contributed by atoms with E-state index in [1.807, 2.05) is 36.4 Å². The number of hydrogen-bond donors (Lipinski definition) is 0. The zero-order valence-electron chi connectivity index (χ0n) is 13.2. The van der Waals surface area contributed by atoms with Crippen LogP contribution in [-0.2, 0) is 11.4 Å². The molecule has 2 aromatic carbocycles. The Morgan fingerprint density at radius 1 is 1.16 bits per heavy atom. The van der Waals surface area contributed by atoms with Crippen molar-refractivity contribution >= 4 is 63.5 Å². The van der Waals surface area contributed by atoms with Crippen LogP contribution in [0.15, 0.2) is 47.4 Å². The second-order valence-corrected chi connectivity index (χ2v) is 7.84. The molecular formula is C18H13Cl2NO2S2. The van der Waals surface area contributed by atoms with E-state index in [1.165, 1.54) is 16.7 Å². The molecule has 0 atom stereocenters. The van der Waals surface area contributed by atoms with E-state index in [9.17, 15) is 4.79 Å². The largest absolute Gasteiger partial charge is 0.489 e. The standard InChI is InChI=1S/C18H13Cl2NO2S2/c1-21-17(22)16(25-18(21)24)9-11-2-5-13(6-3-11)23-10-12-4-7-14(19)15(20)8-12/h2-9H,10H2,1H3. The van der Waals surface area contributed by atoms with Gasteiger partial charge in [-0.3, -0.25) is 9.69 Å². The zero-order valence-corrected chi connectivity index (χ0v) is 16.3. The average molecular weight is 410 g/mol. The van der Waals surface area contributed by atoms with Crippen LogP contribution in [0.25, 0.3) is 6.08 Å². The van der Waals surface area contributed by atoms with Crippen LogP contribution < -0.4 is 4.74 Å². The Kier molecular flexibility index (Phi) is 5.69. The highest BCUT2D eigenvalue weighted by Gasteiger charge is 2.28. The van der Waals surface area contributed by atoms with E-state index in [2.05, 4.69) is 0 Å². The molecule has 0 unspecified atom stereocenters. The first-order chi connectivity index (χ1) is 11.9. The van der Waals surface area contributed by atoms with E-state index in [4.69, 9.17) is 40.2 Å². The molecule has 0 spiro atoms. The van der Waals surface area contributed by atoms with E-state index in [1.54, 1.807) is 19.2 Å². The third kappa shape index (κ3) is 4.36. The summed E-state index contributed by atoms with van der Waals surface area (Å²) in [5, 5.41) is 1.03. The van der Waals surface area contributed by atoms with E-state index < -0.39 is 0 Å². The van der Waals surface area contributed by atoms with Crippen LogP contribution in [-0.4, -0.2) is 22.2 Å². The SMILES string of the molecule is CN1C(=O)C(=Cc2ccc(OCc3ccc(Cl)c(Cl)c3)cc2)SC1=S. The maximum absolute atomic E-state index is 12.0. The van der Waals surface area contributed by atoms with Gasteiger partial charge in [0.05, 0.1) is 15.0 Å². The number of thiocarbonyl (C=S) groups is 1. The number of ether oxygens (including phenoxy) is 1. The first kappa shape index (κ1) is 18.3. The van der Waals surface area contributed by atoms with Crippen LogP contribution in [0.5, 0.6) is 5.75 Å². The Morgan fingerprint density at radius 3 is 2.48 bits per heavy atom. The fourth-order valence-electron chi connectivity index (χ4n) is 2.15. The van der Waals surface area contributed by atoms with Gasteiger partial charge >= 0.3 is 0 Å². The number of hydrogen-bond acceptors (Lipinski definition) is 4. The molecule has 3 rings (SSSR count). The first-order valence-electron chi connectivity index (χ1n) is 7.32. The van der Waals surface area contributed by atoms with E-state index in [0.29, 0.717) is 25.9 Å². The summed E-state index contributed by atoms with van der Waals surface area (Å²) < 4.78 is 6.31. The molecule has 0 aromatic heterocycles. The molecule has 1 amide bonds. The van der Waals surface area contributed by atoms with Crippen LogP contribution in [0.1, 0.15) is 11.1 Å². The minimum absolute atomic E-state index is 0.0741. The number of rotatable bonds is 4. The molecule has 1 aliphatic rings. The van der Waals surface area contributed by atoms with Crippen LogP contribution in [0.3, 0.4) is 0 Å². The van der Waals surface area contributed by atoms with Gasteiger partial charge in [0.1, 0.15) is 16.7 Å². The van der Waals surface area contributed by atoms with Gasteiger partial charge in [-0.25, -0.2) is 0 Å². The Hall–Kier alpha value is -1.53. The Labute approximate surface area is 165 Å². The van der Waals surface area contributed by atoms with E-state index in [-0.39, 0.29) is 5.91 Å². The number of halogens is 2. The van der Waals surface area contributed by atoms with Crippen molar-refractivity contribution in [2.75, 3.05) is 7.05 Å². The third-order valence-electron chi connectivity index (χ3n) is 3.55. The number of amides is 1. The molecule has 0 bridgehead atoms. The van der Waals surface area contributed by atoms with E-state index >= 15 is 0 Å². The maximum atomic E-state index is 12.0. The molecule has 128 valence electrons. The summed E-state index contributed by atoms with van der Waals surface area (Å²) in [5.74, 6) is 0.654. The molecular weight excluding hydrogens is 397 g/mol. The molecule has 7 heteroatoms. The van der Waals surface area contributed by atoms with Gasteiger partial charge in [-0.1, -0.05) is 65.4 Å². The van der Waals surface area contributed by atoms with Crippen molar-refractivity contribution in [1.29, 1.82) is 0 Å². The van der Waals surface area contributed by atoms with Crippen LogP contribution in [0.2, 0.25) is 10.0 Å². The predicted molar refractivity (Wildman–Crippen MR) is 108 cm³/mol. The number of benzene rings is 2. The summed E-state index contributed by atoms with van der Waals surface area (Å²) in [4.78, 5) is 14.1. The van der Waals surface area contributed by atoms with Crippen LogP contribution >= 0.6 is 47.2 Å². The average Bonchev–Trinajstić information content (AvgIpc) is 2.84. The summed E-state index contributed by atoms with van der Waals surface area (Å²) in [5.41, 5.74) is 1.85. The highest BCUT2D eigenvalue weighted by atomic mass is 35.5. The molecule has 0 N–H and O–H groups in total. The van der Waals surface area contributed by atoms with Crippen LogP contribution in [0, 0.1) is 0 Å². The molecule has 25 heavy (non-hydrogen) atoms. The van der Waals surface area contributed by atoms with E-state index in [0.717, 1.165) is 16.9 Å². The second kappa shape index (κ2) is 7.79. The van der Waals surface area contributed by atoms with Gasteiger partial charge in [-0.2, -0.15) is 0 Å². The van der Waals surface area contributed by atoms with Crippen molar-refractivity contribution in [1.82, 2.24) is 4.90 Å². The summed E-state index contributed by atoms with van der Waals surface area (Å²) >= 11 is 18.3. The monoisotopic (exact) mass is 409 g/mol. The molecule has 0 aliphatic carbocycles.